The molecule has 1 saturated heterocycles. The van der Waals surface area contributed by atoms with Gasteiger partial charge in [0.15, 0.2) is 0 Å². The lowest BCUT2D eigenvalue weighted by molar-refractivity contribution is -0.139. The van der Waals surface area contributed by atoms with Crippen molar-refractivity contribution >= 4 is 8.80 Å². The molecule has 0 amide bonds. The molecule has 0 atom stereocenters. The second-order valence-electron chi connectivity index (χ2n) is 11.7. The molecule has 1 aliphatic heterocycles. The van der Waals surface area contributed by atoms with Gasteiger partial charge in [0.05, 0.1) is 11.1 Å². The fourth-order valence-electron chi connectivity index (χ4n) is 6.75. The summed E-state index contributed by atoms with van der Waals surface area (Å²) >= 11 is 0. The first kappa shape index (κ1) is 29.2. The van der Waals surface area contributed by atoms with Crippen LogP contribution < -0.4 is 0 Å². The molecule has 1 heterocycles. The topological polar surface area (TPSA) is 0 Å². The molecule has 4 rings (SSSR count). The minimum atomic E-state index is -4.86. The van der Waals surface area contributed by atoms with Gasteiger partial charge >= 0.3 is 6.18 Å². The third-order valence-corrected chi connectivity index (χ3v) is 12.6. The van der Waals surface area contributed by atoms with Crippen molar-refractivity contribution in [1.29, 1.82) is 0 Å². The van der Waals surface area contributed by atoms with Gasteiger partial charge < -0.3 is 0 Å². The van der Waals surface area contributed by atoms with E-state index in [-0.39, 0.29) is 11.5 Å². The molecule has 1 saturated carbocycles. The maximum absolute atomic E-state index is 15.0. The smallest absolute Gasteiger partial charge is 0.206 e. The number of hydrogen-bond donors (Lipinski definition) is 0. The van der Waals surface area contributed by atoms with E-state index in [0.29, 0.717) is 23.6 Å². The molecule has 2 aromatic carbocycles. The average Bonchev–Trinajstić information content (AvgIpc) is 2.87. The Morgan fingerprint density at radius 2 is 1.37 bits per heavy atom. The van der Waals surface area contributed by atoms with Gasteiger partial charge in [-0.3, -0.25) is 0 Å². The Bertz CT molecular complexity index is 1030. The lowest BCUT2D eigenvalue weighted by atomic mass is 9.76. The van der Waals surface area contributed by atoms with Crippen LogP contribution in [0, 0.1) is 29.3 Å². The molecular formula is C31H40F6Si. The van der Waals surface area contributed by atoms with E-state index in [4.69, 9.17) is 0 Å². The summed E-state index contributed by atoms with van der Waals surface area (Å²) in [7, 11) is -0.468. The van der Waals surface area contributed by atoms with E-state index in [2.05, 4.69) is 6.92 Å². The standard InChI is InChI=1S/C31H40F6Si/c1-2-3-4-15-38-16-13-22(14-17-38)6-5-21-7-9-23(10-8-21)25-19-28(33)30(29(34)20-25)24-11-12-26(27(32)18-24)31(35,36)37/h11-12,18-23,38H,2-10,13-17H2,1H3/t21-,22?,23-,38?. The maximum Gasteiger partial charge on any atom is 0.419 e. The van der Waals surface area contributed by atoms with Gasteiger partial charge in [0, 0.05) is 8.80 Å². The number of alkyl halides is 3. The number of rotatable bonds is 9. The first-order chi connectivity index (χ1) is 18.2. The summed E-state index contributed by atoms with van der Waals surface area (Å²) in [6.07, 6.45) is 8.56. The zero-order chi connectivity index (χ0) is 27.3. The van der Waals surface area contributed by atoms with Crippen LogP contribution in [-0.2, 0) is 6.18 Å². The van der Waals surface area contributed by atoms with Crippen molar-refractivity contribution in [3.8, 4) is 11.1 Å². The Balaban J connectivity index is 1.28. The Morgan fingerprint density at radius 1 is 0.763 bits per heavy atom. The van der Waals surface area contributed by atoms with Gasteiger partial charge in [-0.25, -0.2) is 13.2 Å². The van der Waals surface area contributed by atoms with Crippen molar-refractivity contribution in [3.05, 3.63) is 58.9 Å². The second-order valence-corrected chi connectivity index (χ2v) is 15.2. The van der Waals surface area contributed by atoms with E-state index >= 15 is 0 Å². The summed E-state index contributed by atoms with van der Waals surface area (Å²) in [6, 6.07) is 9.13. The molecule has 0 nitrogen and oxygen atoms in total. The minimum Gasteiger partial charge on any atom is -0.206 e. The molecule has 0 N–H and O–H groups in total. The largest absolute Gasteiger partial charge is 0.419 e. The molecule has 210 valence electrons. The lowest BCUT2D eigenvalue weighted by Crippen LogP contribution is -2.22. The van der Waals surface area contributed by atoms with Gasteiger partial charge in [0.25, 0.3) is 0 Å². The highest BCUT2D eigenvalue weighted by Gasteiger charge is 2.34. The monoisotopic (exact) mass is 554 g/mol. The van der Waals surface area contributed by atoms with Crippen molar-refractivity contribution in [3.63, 3.8) is 0 Å². The van der Waals surface area contributed by atoms with E-state index < -0.39 is 43.6 Å². The first-order valence-electron chi connectivity index (χ1n) is 14.5. The predicted molar refractivity (Wildman–Crippen MR) is 145 cm³/mol. The molecule has 0 radical (unpaired) electrons. The second kappa shape index (κ2) is 13.1. The lowest BCUT2D eigenvalue weighted by Gasteiger charge is -2.32. The minimum absolute atomic E-state index is 0.0678. The van der Waals surface area contributed by atoms with Crippen LogP contribution in [0.3, 0.4) is 0 Å². The van der Waals surface area contributed by atoms with Crippen molar-refractivity contribution < 1.29 is 26.3 Å². The van der Waals surface area contributed by atoms with Crippen LogP contribution in [0.25, 0.3) is 11.1 Å². The van der Waals surface area contributed by atoms with Crippen LogP contribution in [0.5, 0.6) is 0 Å². The van der Waals surface area contributed by atoms with Crippen molar-refractivity contribution in [1.82, 2.24) is 0 Å². The fourth-order valence-corrected chi connectivity index (χ4v) is 10.4. The summed E-state index contributed by atoms with van der Waals surface area (Å²) in [6.45, 7) is 2.27. The predicted octanol–water partition coefficient (Wildman–Crippen LogP) is 10.7. The highest BCUT2D eigenvalue weighted by atomic mass is 28.3. The Kier molecular flexibility index (Phi) is 10.0. The van der Waals surface area contributed by atoms with Crippen LogP contribution in [0.2, 0.25) is 18.1 Å². The highest BCUT2D eigenvalue weighted by Crippen LogP contribution is 2.41. The van der Waals surface area contributed by atoms with E-state index in [9.17, 15) is 26.3 Å². The molecule has 2 fully saturated rings. The molecule has 0 spiro atoms. The zero-order valence-electron chi connectivity index (χ0n) is 22.4. The van der Waals surface area contributed by atoms with Crippen LogP contribution in [0.4, 0.5) is 26.3 Å². The van der Waals surface area contributed by atoms with Crippen LogP contribution in [-0.4, -0.2) is 8.80 Å². The first-order valence-corrected chi connectivity index (χ1v) is 17.0. The Morgan fingerprint density at radius 3 is 1.92 bits per heavy atom. The van der Waals surface area contributed by atoms with Crippen molar-refractivity contribution in [2.75, 3.05) is 0 Å². The summed E-state index contributed by atoms with van der Waals surface area (Å²) < 4.78 is 82.4. The highest BCUT2D eigenvalue weighted by molar-refractivity contribution is 6.58. The molecule has 2 aliphatic rings. The van der Waals surface area contributed by atoms with Gasteiger partial charge in [-0.05, 0) is 78.8 Å². The number of benzene rings is 2. The van der Waals surface area contributed by atoms with E-state index in [1.165, 1.54) is 75.2 Å². The van der Waals surface area contributed by atoms with Gasteiger partial charge in [-0.2, -0.15) is 13.2 Å². The summed E-state index contributed by atoms with van der Waals surface area (Å²) in [5.74, 6) is -1.65. The maximum atomic E-state index is 15.0. The van der Waals surface area contributed by atoms with E-state index in [1.807, 2.05) is 0 Å². The number of unbranched alkanes of at least 4 members (excludes halogenated alkanes) is 2. The summed E-state index contributed by atoms with van der Waals surface area (Å²) in [5.41, 5.74) is -1.59. The normalized spacial score (nSPS) is 24.5. The van der Waals surface area contributed by atoms with Gasteiger partial charge in [0.2, 0.25) is 0 Å². The Hall–Kier alpha value is -1.76. The molecule has 0 unspecified atom stereocenters. The molecular weight excluding hydrogens is 514 g/mol. The van der Waals surface area contributed by atoms with Gasteiger partial charge in [-0.1, -0.05) is 76.1 Å². The summed E-state index contributed by atoms with van der Waals surface area (Å²) in [5, 5.41) is 0. The SMILES string of the molecule is CCCCC[SiH]1CCC(CC[C@H]2CC[C@H](c3cc(F)c(-c4ccc(C(F)(F)F)c(F)c4)c(F)c3)CC2)CC1. The number of halogens is 6. The summed E-state index contributed by atoms with van der Waals surface area (Å²) in [4.78, 5) is 0. The van der Waals surface area contributed by atoms with Crippen molar-refractivity contribution in [2.24, 2.45) is 11.8 Å². The van der Waals surface area contributed by atoms with E-state index in [0.717, 1.165) is 37.7 Å². The molecule has 2 aromatic rings. The molecule has 7 heteroatoms. The number of hydrogen-bond acceptors (Lipinski definition) is 0. The van der Waals surface area contributed by atoms with Gasteiger partial charge in [-0.15, -0.1) is 0 Å². The van der Waals surface area contributed by atoms with Gasteiger partial charge in [0.1, 0.15) is 17.5 Å². The molecule has 0 bridgehead atoms. The zero-order valence-corrected chi connectivity index (χ0v) is 23.5. The Labute approximate surface area is 224 Å². The molecule has 1 aliphatic carbocycles. The van der Waals surface area contributed by atoms with Crippen LogP contribution >= 0.6 is 0 Å². The average molecular weight is 555 g/mol. The van der Waals surface area contributed by atoms with Crippen LogP contribution in [0.15, 0.2) is 30.3 Å². The molecule has 38 heavy (non-hydrogen) atoms. The third kappa shape index (κ3) is 7.45. The quantitative estimate of drug-likeness (QED) is 0.164. The van der Waals surface area contributed by atoms with Crippen molar-refractivity contribution in [2.45, 2.75) is 108 Å². The third-order valence-electron chi connectivity index (χ3n) is 9.11. The fraction of sp³-hybridized carbons (Fsp3) is 0.613. The molecule has 0 aromatic heterocycles. The van der Waals surface area contributed by atoms with Crippen LogP contribution in [0.1, 0.15) is 94.6 Å². The van der Waals surface area contributed by atoms with E-state index in [1.54, 1.807) is 0 Å².